The molecular weight excluding hydrogens is 320 g/mol. The Balaban J connectivity index is 1.88. The minimum atomic E-state index is -3.01. The van der Waals surface area contributed by atoms with Gasteiger partial charge < -0.3 is 15.0 Å². The van der Waals surface area contributed by atoms with Crippen LogP contribution in [-0.4, -0.2) is 63.4 Å². The number of ether oxygens (including phenoxy) is 1. The third-order valence-electron chi connectivity index (χ3n) is 3.90. The zero-order valence-corrected chi connectivity index (χ0v) is 13.9. The van der Waals surface area contributed by atoms with Crippen LogP contribution in [0.1, 0.15) is 16.8 Å². The monoisotopic (exact) mass is 340 g/mol. The van der Waals surface area contributed by atoms with Crippen LogP contribution in [0.4, 0.5) is 5.69 Å². The van der Waals surface area contributed by atoms with E-state index in [4.69, 9.17) is 0 Å². The number of nitrogens with zero attached hydrogens (tertiary/aromatic N) is 1. The highest BCUT2D eigenvalue weighted by Gasteiger charge is 2.32. The van der Waals surface area contributed by atoms with E-state index in [9.17, 15) is 18.0 Å². The Hall–Kier alpha value is -2.09. The fourth-order valence-electron chi connectivity index (χ4n) is 2.43. The fraction of sp³-hybridized carbons (Fsp3) is 0.467. The largest absolute Gasteiger partial charge is 0.465 e. The maximum absolute atomic E-state index is 12.1. The molecule has 1 heterocycles. The van der Waals surface area contributed by atoms with Crippen LogP contribution in [0.25, 0.3) is 0 Å². The maximum Gasteiger partial charge on any atom is 0.337 e. The molecule has 0 aliphatic carbocycles. The van der Waals surface area contributed by atoms with Gasteiger partial charge in [0.25, 0.3) is 0 Å². The van der Waals surface area contributed by atoms with Crippen LogP contribution in [0, 0.1) is 0 Å². The third-order valence-corrected chi connectivity index (χ3v) is 5.65. The van der Waals surface area contributed by atoms with Crippen LogP contribution in [0.2, 0.25) is 0 Å². The van der Waals surface area contributed by atoms with Crippen LogP contribution in [0.15, 0.2) is 24.3 Å². The highest BCUT2D eigenvalue weighted by molar-refractivity contribution is 7.91. The van der Waals surface area contributed by atoms with Crippen molar-refractivity contribution in [3.63, 3.8) is 0 Å². The molecule has 7 nitrogen and oxygen atoms in total. The predicted octanol–water partition coefficient (Wildman–Crippen LogP) is 0.531. The molecule has 1 aliphatic heterocycles. The van der Waals surface area contributed by atoms with E-state index in [-0.39, 0.29) is 30.0 Å². The summed E-state index contributed by atoms with van der Waals surface area (Å²) in [4.78, 5) is 24.9. The van der Waals surface area contributed by atoms with E-state index in [0.29, 0.717) is 17.7 Å². The standard InChI is InChI=1S/C15H20N2O5S/c1-17(13-7-8-23(20,21)10-13)14(18)9-16-12-5-3-11(4-6-12)15(19)22-2/h3-6,13,16H,7-10H2,1-2H3/t13-/m0/s1. The average molecular weight is 340 g/mol. The van der Waals surface area contributed by atoms with E-state index in [1.54, 1.807) is 31.3 Å². The Morgan fingerprint density at radius 2 is 1.96 bits per heavy atom. The van der Waals surface area contributed by atoms with Gasteiger partial charge in [0, 0.05) is 18.8 Å². The number of carbonyl (C=O) groups is 2. The summed E-state index contributed by atoms with van der Waals surface area (Å²) in [7, 11) is -0.0820. The lowest BCUT2D eigenvalue weighted by molar-refractivity contribution is -0.129. The number of likely N-dealkylation sites (N-methyl/N-ethyl adjacent to an activating group) is 1. The summed E-state index contributed by atoms with van der Waals surface area (Å²) in [5.74, 6) is -0.431. The second-order valence-electron chi connectivity index (χ2n) is 5.48. The molecule has 1 atom stereocenters. The van der Waals surface area contributed by atoms with Gasteiger partial charge >= 0.3 is 5.97 Å². The van der Waals surface area contributed by atoms with Gasteiger partial charge in [-0.05, 0) is 30.7 Å². The molecule has 1 saturated heterocycles. The quantitative estimate of drug-likeness (QED) is 0.786. The Morgan fingerprint density at radius 3 is 2.48 bits per heavy atom. The van der Waals surface area contributed by atoms with Gasteiger partial charge in [-0.1, -0.05) is 0 Å². The van der Waals surface area contributed by atoms with Crippen LogP contribution in [0.5, 0.6) is 0 Å². The molecule has 0 bridgehead atoms. The first-order valence-corrected chi connectivity index (χ1v) is 9.03. The van der Waals surface area contributed by atoms with Gasteiger partial charge in [0.05, 0.1) is 30.7 Å². The molecule has 1 fully saturated rings. The summed E-state index contributed by atoms with van der Waals surface area (Å²) < 4.78 is 27.5. The first-order valence-electron chi connectivity index (χ1n) is 7.21. The van der Waals surface area contributed by atoms with Crippen molar-refractivity contribution in [1.82, 2.24) is 4.90 Å². The van der Waals surface area contributed by atoms with Crippen molar-refractivity contribution in [2.75, 3.05) is 37.5 Å². The molecule has 0 aromatic heterocycles. The molecule has 1 amide bonds. The number of amides is 1. The zero-order chi connectivity index (χ0) is 17.0. The van der Waals surface area contributed by atoms with Gasteiger partial charge in [0.2, 0.25) is 5.91 Å². The van der Waals surface area contributed by atoms with Crippen molar-refractivity contribution in [2.45, 2.75) is 12.5 Å². The van der Waals surface area contributed by atoms with Gasteiger partial charge in [-0.3, -0.25) is 4.79 Å². The lowest BCUT2D eigenvalue weighted by atomic mass is 10.2. The molecular formula is C15H20N2O5S. The van der Waals surface area contributed by atoms with E-state index in [1.165, 1.54) is 12.0 Å². The predicted molar refractivity (Wildman–Crippen MR) is 86.1 cm³/mol. The SMILES string of the molecule is COC(=O)c1ccc(NCC(=O)N(C)[C@H]2CCS(=O)(=O)C2)cc1. The number of hydrogen-bond donors (Lipinski definition) is 1. The second-order valence-corrected chi connectivity index (χ2v) is 7.71. The maximum atomic E-state index is 12.1. The molecule has 0 spiro atoms. The van der Waals surface area contributed by atoms with Crippen LogP contribution >= 0.6 is 0 Å². The van der Waals surface area contributed by atoms with Gasteiger partial charge in [-0.2, -0.15) is 0 Å². The first-order chi connectivity index (χ1) is 10.8. The summed E-state index contributed by atoms with van der Waals surface area (Å²) in [6.07, 6.45) is 0.485. The lowest BCUT2D eigenvalue weighted by Crippen LogP contribution is -2.40. The van der Waals surface area contributed by atoms with Gasteiger partial charge in [0.1, 0.15) is 0 Å². The number of hydrogen-bond acceptors (Lipinski definition) is 6. The summed E-state index contributed by atoms with van der Waals surface area (Å²) in [6, 6.07) is 6.31. The normalized spacial score (nSPS) is 19.1. The number of esters is 1. The van der Waals surface area contributed by atoms with E-state index in [2.05, 4.69) is 10.1 Å². The summed E-state index contributed by atoms with van der Waals surface area (Å²) in [6.45, 7) is 0.0601. The lowest BCUT2D eigenvalue weighted by Gasteiger charge is -2.23. The van der Waals surface area contributed by atoms with Crippen molar-refractivity contribution in [3.8, 4) is 0 Å². The molecule has 1 aromatic rings. The summed E-state index contributed by atoms with van der Waals surface area (Å²) in [5.41, 5.74) is 1.12. The molecule has 1 aliphatic rings. The van der Waals surface area contributed by atoms with Gasteiger partial charge in [-0.25, -0.2) is 13.2 Å². The van der Waals surface area contributed by atoms with Gasteiger partial charge in [-0.15, -0.1) is 0 Å². The zero-order valence-electron chi connectivity index (χ0n) is 13.1. The summed E-state index contributed by atoms with van der Waals surface area (Å²) >= 11 is 0. The smallest absolute Gasteiger partial charge is 0.337 e. The molecule has 23 heavy (non-hydrogen) atoms. The van der Waals surface area contributed by atoms with Gasteiger partial charge in [0.15, 0.2) is 9.84 Å². The average Bonchev–Trinajstić information content (AvgIpc) is 2.91. The molecule has 0 radical (unpaired) electrons. The van der Waals surface area contributed by atoms with E-state index >= 15 is 0 Å². The third kappa shape index (κ3) is 4.44. The Morgan fingerprint density at radius 1 is 1.30 bits per heavy atom. The molecule has 1 N–H and O–H groups in total. The number of benzene rings is 1. The van der Waals surface area contributed by atoms with E-state index in [1.807, 2.05) is 0 Å². The molecule has 0 unspecified atom stereocenters. The van der Waals surface area contributed by atoms with Crippen molar-refractivity contribution >= 4 is 27.4 Å². The van der Waals surface area contributed by atoms with Crippen LogP contribution in [0.3, 0.4) is 0 Å². The molecule has 0 saturated carbocycles. The van der Waals surface area contributed by atoms with Crippen molar-refractivity contribution in [3.05, 3.63) is 29.8 Å². The molecule has 126 valence electrons. The molecule has 1 aromatic carbocycles. The Bertz CT molecular complexity index is 684. The minimum Gasteiger partial charge on any atom is -0.465 e. The minimum absolute atomic E-state index is 0.0308. The number of anilines is 1. The van der Waals surface area contributed by atoms with Crippen LogP contribution < -0.4 is 5.32 Å². The highest BCUT2D eigenvalue weighted by atomic mass is 32.2. The Labute approximate surface area is 135 Å². The fourth-order valence-corrected chi connectivity index (χ4v) is 4.20. The van der Waals surface area contributed by atoms with E-state index in [0.717, 1.165) is 0 Å². The highest BCUT2D eigenvalue weighted by Crippen LogP contribution is 2.17. The molecule has 2 rings (SSSR count). The Kier molecular flexibility index (Phi) is 5.25. The number of methoxy groups -OCH3 is 1. The summed E-state index contributed by atoms with van der Waals surface area (Å²) in [5, 5.41) is 2.96. The number of sulfone groups is 1. The number of carbonyl (C=O) groups excluding carboxylic acids is 2. The second kappa shape index (κ2) is 6.99. The molecule has 8 heteroatoms. The topological polar surface area (TPSA) is 92.8 Å². The van der Waals surface area contributed by atoms with Crippen molar-refractivity contribution < 1.29 is 22.7 Å². The van der Waals surface area contributed by atoms with E-state index < -0.39 is 15.8 Å². The first kappa shape index (κ1) is 17.3. The van der Waals surface area contributed by atoms with Crippen LogP contribution in [-0.2, 0) is 19.4 Å². The number of rotatable bonds is 5. The van der Waals surface area contributed by atoms with Crippen molar-refractivity contribution in [2.24, 2.45) is 0 Å². The number of nitrogens with one attached hydrogen (secondary N) is 1. The van der Waals surface area contributed by atoms with Crippen molar-refractivity contribution in [1.29, 1.82) is 0 Å².